The van der Waals surface area contributed by atoms with Crippen molar-refractivity contribution in [2.24, 2.45) is 17.8 Å². The van der Waals surface area contributed by atoms with Gasteiger partial charge in [0.2, 0.25) is 0 Å². The van der Waals surface area contributed by atoms with Gasteiger partial charge in [0.25, 0.3) is 0 Å². The molecular weight excluding hydrogens is 386 g/mol. The third-order valence-corrected chi connectivity index (χ3v) is 7.55. The lowest BCUT2D eigenvalue weighted by Crippen LogP contribution is -2.23. The van der Waals surface area contributed by atoms with Crippen LogP contribution in [0.15, 0.2) is 61.2 Å². The third kappa shape index (κ3) is 5.00. The van der Waals surface area contributed by atoms with E-state index in [4.69, 9.17) is 0 Å². The normalized spacial score (nSPS) is 26.0. The van der Waals surface area contributed by atoms with Crippen LogP contribution in [0, 0.1) is 36.3 Å². The predicted octanol–water partition coefficient (Wildman–Crippen LogP) is 8.76. The topological polar surface area (TPSA) is 0 Å². The number of hydrogen-bond acceptors (Lipinski definition) is 0. The molecule has 1 saturated carbocycles. The van der Waals surface area contributed by atoms with Gasteiger partial charge in [-0.05, 0) is 74.3 Å². The molecule has 2 atom stereocenters. The second kappa shape index (κ2) is 9.94. The van der Waals surface area contributed by atoms with Crippen LogP contribution in [0.3, 0.4) is 0 Å². The lowest BCUT2D eigenvalue weighted by Gasteiger charge is -2.35. The molecule has 2 unspecified atom stereocenters. The van der Waals surface area contributed by atoms with Crippen molar-refractivity contribution in [1.29, 1.82) is 0 Å². The van der Waals surface area contributed by atoms with Crippen LogP contribution in [0.5, 0.6) is 0 Å². The largest absolute Gasteiger partial charge is 0.203 e. The lowest BCUT2D eigenvalue weighted by atomic mass is 9.70. The van der Waals surface area contributed by atoms with E-state index >= 15 is 0 Å². The Morgan fingerprint density at radius 2 is 1.61 bits per heavy atom. The third-order valence-electron chi connectivity index (χ3n) is 7.55. The number of rotatable bonds is 6. The van der Waals surface area contributed by atoms with E-state index in [0.717, 1.165) is 42.2 Å². The summed E-state index contributed by atoms with van der Waals surface area (Å²) in [7, 11) is 0. The van der Waals surface area contributed by atoms with Gasteiger partial charge in [0, 0.05) is 11.5 Å². The molecule has 164 valence electrons. The smallest absolute Gasteiger partial charge is 0.166 e. The first-order chi connectivity index (χ1) is 15.1. The molecule has 0 saturated heterocycles. The van der Waals surface area contributed by atoms with Crippen molar-refractivity contribution in [3.8, 4) is 11.1 Å². The van der Waals surface area contributed by atoms with Crippen LogP contribution in [0.1, 0.15) is 68.4 Å². The minimum absolute atomic E-state index is 0.0262. The predicted molar refractivity (Wildman–Crippen MR) is 126 cm³/mol. The van der Waals surface area contributed by atoms with Crippen LogP contribution in [-0.2, 0) is 0 Å². The number of allylic oxidation sites excluding steroid dienone is 3. The molecule has 0 heterocycles. The molecule has 2 aromatic rings. The van der Waals surface area contributed by atoms with Crippen LogP contribution in [0.4, 0.5) is 8.78 Å². The minimum Gasteiger partial charge on any atom is -0.203 e. The SMILES string of the molecule is C=CCCC1CCC(C2C=CC(c3ccc(-c4ccc(C)cc4)c(F)c3F)CC2)CC1. The number of benzene rings is 2. The summed E-state index contributed by atoms with van der Waals surface area (Å²) in [5.74, 6) is 0.767. The molecular formula is C29H34F2. The molecule has 0 amide bonds. The van der Waals surface area contributed by atoms with E-state index in [0.29, 0.717) is 17.0 Å². The Bertz CT molecular complexity index is 916. The first kappa shape index (κ1) is 22.0. The zero-order valence-electron chi connectivity index (χ0n) is 18.6. The van der Waals surface area contributed by atoms with Gasteiger partial charge in [0.1, 0.15) is 0 Å². The minimum atomic E-state index is -0.727. The second-order valence-corrected chi connectivity index (χ2v) is 9.58. The molecule has 2 heteroatoms. The zero-order chi connectivity index (χ0) is 21.8. The Balaban J connectivity index is 1.42. The van der Waals surface area contributed by atoms with Gasteiger partial charge < -0.3 is 0 Å². The van der Waals surface area contributed by atoms with E-state index in [-0.39, 0.29) is 5.92 Å². The highest BCUT2D eigenvalue weighted by Gasteiger charge is 2.29. The zero-order valence-corrected chi connectivity index (χ0v) is 18.6. The molecule has 0 nitrogen and oxygen atoms in total. The van der Waals surface area contributed by atoms with Crippen molar-refractivity contribution in [3.63, 3.8) is 0 Å². The first-order valence-electron chi connectivity index (χ1n) is 11.9. The molecule has 2 aromatic carbocycles. The molecule has 0 aliphatic heterocycles. The van der Waals surface area contributed by atoms with Gasteiger partial charge in [-0.2, -0.15) is 0 Å². The van der Waals surface area contributed by atoms with Crippen molar-refractivity contribution in [2.75, 3.05) is 0 Å². The summed E-state index contributed by atoms with van der Waals surface area (Å²) < 4.78 is 29.9. The van der Waals surface area contributed by atoms with Gasteiger partial charge in [0.15, 0.2) is 11.6 Å². The van der Waals surface area contributed by atoms with Gasteiger partial charge in [0.05, 0.1) is 0 Å². The summed E-state index contributed by atoms with van der Waals surface area (Å²) in [6.45, 7) is 5.83. The highest BCUT2D eigenvalue weighted by molar-refractivity contribution is 5.65. The van der Waals surface area contributed by atoms with Crippen LogP contribution >= 0.6 is 0 Å². The number of halogens is 2. The molecule has 1 fully saturated rings. The van der Waals surface area contributed by atoms with Crippen LogP contribution in [0.2, 0.25) is 0 Å². The van der Waals surface area contributed by atoms with E-state index in [2.05, 4.69) is 18.7 Å². The standard InChI is InChI=1S/C29H34F2/c1-3-4-5-21-8-12-22(13-9-21)23-14-16-25(17-15-23)27-19-18-26(28(30)29(27)31)24-10-6-20(2)7-11-24/h3,6-7,10-11,14,16,18-19,21-23,25H,1,4-5,8-9,12-13,15,17H2,2H3. The average Bonchev–Trinajstić information content (AvgIpc) is 2.81. The van der Waals surface area contributed by atoms with Crippen LogP contribution in [0.25, 0.3) is 11.1 Å². The molecule has 4 rings (SSSR count). The van der Waals surface area contributed by atoms with E-state index < -0.39 is 11.6 Å². The lowest BCUT2D eigenvalue weighted by molar-refractivity contribution is 0.210. The monoisotopic (exact) mass is 420 g/mol. The van der Waals surface area contributed by atoms with Gasteiger partial charge in [-0.3, -0.25) is 0 Å². The summed E-state index contributed by atoms with van der Waals surface area (Å²) >= 11 is 0. The molecule has 0 spiro atoms. The fourth-order valence-corrected chi connectivity index (χ4v) is 5.56. The van der Waals surface area contributed by atoms with Crippen LogP contribution < -0.4 is 0 Å². The Hall–Kier alpha value is -2.22. The Kier molecular flexibility index (Phi) is 7.05. The first-order valence-corrected chi connectivity index (χ1v) is 11.9. The molecule has 2 aliphatic carbocycles. The van der Waals surface area contributed by atoms with Gasteiger partial charge >= 0.3 is 0 Å². The van der Waals surface area contributed by atoms with E-state index in [1.54, 1.807) is 12.1 Å². The molecule has 0 bridgehead atoms. The fourth-order valence-electron chi connectivity index (χ4n) is 5.56. The molecule has 0 aromatic heterocycles. The summed E-state index contributed by atoms with van der Waals surface area (Å²) in [5.41, 5.74) is 2.66. The van der Waals surface area contributed by atoms with Gasteiger partial charge in [-0.15, -0.1) is 6.58 Å². The molecule has 0 radical (unpaired) electrons. The van der Waals surface area contributed by atoms with E-state index in [1.807, 2.05) is 37.3 Å². The van der Waals surface area contributed by atoms with E-state index in [9.17, 15) is 8.78 Å². The molecule has 0 N–H and O–H groups in total. The number of hydrogen-bond donors (Lipinski definition) is 0. The second-order valence-electron chi connectivity index (χ2n) is 9.58. The average molecular weight is 421 g/mol. The Morgan fingerprint density at radius 1 is 0.871 bits per heavy atom. The Labute approximate surface area is 186 Å². The number of aryl methyl sites for hydroxylation is 1. The van der Waals surface area contributed by atoms with Gasteiger partial charge in [-0.25, -0.2) is 8.78 Å². The highest BCUT2D eigenvalue weighted by atomic mass is 19.2. The van der Waals surface area contributed by atoms with Crippen molar-refractivity contribution in [2.45, 2.75) is 64.2 Å². The highest BCUT2D eigenvalue weighted by Crippen LogP contribution is 2.42. The summed E-state index contributed by atoms with van der Waals surface area (Å²) in [4.78, 5) is 0. The Morgan fingerprint density at radius 3 is 2.26 bits per heavy atom. The maximum atomic E-state index is 15.0. The quantitative estimate of drug-likeness (QED) is 0.410. The summed E-state index contributed by atoms with van der Waals surface area (Å²) in [6, 6.07) is 11.1. The van der Waals surface area contributed by atoms with Crippen molar-refractivity contribution in [3.05, 3.63) is 84.0 Å². The molecule has 2 aliphatic rings. The maximum Gasteiger partial charge on any atom is 0.166 e. The summed E-state index contributed by atoms with van der Waals surface area (Å²) in [5, 5.41) is 0. The van der Waals surface area contributed by atoms with Crippen molar-refractivity contribution in [1.82, 2.24) is 0 Å². The fraction of sp³-hybridized carbons (Fsp3) is 0.448. The van der Waals surface area contributed by atoms with Crippen molar-refractivity contribution < 1.29 is 8.78 Å². The molecule has 31 heavy (non-hydrogen) atoms. The van der Waals surface area contributed by atoms with Gasteiger partial charge in [-0.1, -0.05) is 73.0 Å². The van der Waals surface area contributed by atoms with Crippen LogP contribution in [-0.4, -0.2) is 0 Å². The van der Waals surface area contributed by atoms with Crippen molar-refractivity contribution >= 4 is 0 Å². The van der Waals surface area contributed by atoms with E-state index in [1.165, 1.54) is 32.1 Å². The summed E-state index contributed by atoms with van der Waals surface area (Å²) in [6.07, 6.45) is 16.1. The maximum absolute atomic E-state index is 15.0.